The van der Waals surface area contributed by atoms with E-state index in [-0.39, 0.29) is 23.5 Å². The van der Waals surface area contributed by atoms with Crippen molar-refractivity contribution in [2.75, 3.05) is 37.2 Å². The summed E-state index contributed by atoms with van der Waals surface area (Å²) >= 11 is 0. The summed E-state index contributed by atoms with van der Waals surface area (Å²) in [5.74, 6) is 4.03. The summed E-state index contributed by atoms with van der Waals surface area (Å²) in [6, 6.07) is 64.8. The fraction of sp³-hybridized carbons (Fsp3) is 0.125. The zero-order chi connectivity index (χ0) is 94.6. The molecular formula is C104H92N28O4. The van der Waals surface area contributed by atoms with Crippen LogP contribution in [0, 0.1) is 55.4 Å². The van der Waals surface area contributed by atoms with Gasteiger partial charge >= 0.3 is 0 Å². The number of anilines is 11. The van der Waals surface area contributed by atoms with Crippen molar-refractivity contribution in [3.05, 3.63) is 359 Å². The van der Waals surface area contributed by atoms with Crippen molar-refractivity contribution in [1.82, 2.24) is 104 Å². The maximum Gasteiger partial charge on any atom is 0.255 e. The van der Waals surface area contributed by atoms with Gasteiger partial charge in [-0.2, -0.15) is 20.4 Å². The number of carbonyl (C=O) groups excluding carboxylic acids is 4. The predicted molar refractivity (Wildman–Crippen MR) is 530 cm³/mol. The number of rotatable bonds is 21. The summed E-state index contributed by atoms with van der Waals surface area (Å²) in [6.45, 7) is 15.9. The number of amides is 3. The lowest BCUT2D eigenvalue weighted by atomic mass is 10.00. The van der Waals surface area contributed by atoms with Crippen molar-refractivity contribution < 1.29 is 19.2 Å². The van der Waals surface area contributed by atoms with Crippen LogP contribution >= 0.6 is 0 Å². The smallest absolute Gasteiger partial charge is 0.255 e. The molecule has 32 nitrogen and oxygen atoms in total. The van der Waals surface area contributed by atoms with Gasteiger partial charge < -0.3 is 37.2 Å². The molecule has 20 aromatic rings. The standard InChI is InChI=1S/C27H24N6O.2C26H23N7O.C25H22N8O/c1-17-6-4-7-20(12-17)24(34)14-19-10-9-18(2)23(13-19)30-26-22-16-29-33(3)27(22)32-25(31-26)21-8-5-11-28-15-21;1-16-6-4-8-20(12-16)28-26(34)18-10-9-17(2)22(13-18)29-24-21-15-33(3)32-25(21)31-23(30-24)19-7-5-11-27-14-19;1-16-6-4-8-20(12-16)29-26(34)18-10-9-17(2)22(13-18)30-24-21-15-28-33(3)25(21)32-23(31-24)19-7-5-11-27-14-19;1-15-5-4-6-18(11-15)29-25(34)17-8-7-16(2)20(12-17)30-22-19-13-28-33(3)24(19)32-23(31-22)21-14-26-9-10-27-21/h4-13,15-16H,14H2,1-3H3,(H,30,31,32);4-15H,1-3H3,(H,28,34)(H,29,30,31,32);4-15H,1-3H3,(H,29,34)(H,30,31,32);4-14H,1-3H3,(H,29,34)(H,30,31,32). The molecule has 12 aromatic heterocycles. The van der Waals surface area contributed by atoms with Crippen molar-refractivity contribution in [2.45, 2.75) is 61.8 Å². The first-order valence-corrected chi connectivity index (χ1v) is 43.4. The first kappa shape index (κ1) is 89.7. The van der Waals surface area contributed by atoms with E-state index in [0.717, 1.165) is 139 Å². The fourth-order valence-corrected chi connectivity index (χ4v) is 14.9. The Morgan fingerprint density at radius 1 is 0.316 bits per heavy atom. The van der Waals surface area contributed by atoms with Gasteiger partial charge in [0.1, 0.15) is 29.0 Å². The van der Waals surface area contributed by atoms with Gasteiger partial charge in [-0.05, 0) is 221 Å². The summed E-state index contributed by atoms with van der Waals surface area (Å²) in [6.07, 6.45) is 22.5. The second kappa shape index (κ2) is 40.0. The van der Waals surface area contributed by atoms with Gasteiger partial charge in [-0.3, -0.25) is 57.8 Å². The fourth-order valence-electron chi connectivity index (χ4n) is 14.9. The zero-order valence-electron chi connectivity index (χ0n) is 76.4. The molecule has 0 aliphatic heterocycles. The van der Waals surface area contributed by atoms with E-state index in [9.17, 15) is 19.2 Å². The third kappa shape index (κ3) is 21.1. The van der Waals surface area contributed by atoms with Gasteiger partial charge in [0.2, 0.25) is 0 Å². The maximum atomic E-state index is 12.9. The Kier molecular flexibility index (Phi) is 26.4. The van der Waals surface area contributed by atoms with Crippen LogP contribution in [0.15, 0.2) is 287 Å². The van der Waals surface area contributed by atoms with E-state index in [1.165, 1.54) is 0 Å². The largest absolute Gasteiger partial charge is 0.339 e. The van der Waals surface area contributed by atoms with Gasteiger partial charge in [0.05, 0.1) is 46.3 Å². The van der Waals surface area contributed by atoms with E-state index >= 15 is 0 Å². The Labute approximate surface area is 781 Å². The molecule has 136 heavy (non-hydrogen) atoms. The van der Waals surface area contributed by atoms with Crippen LogP contribution in [0.25, 0.3) is 89.8 Å². The molecule has 0 aliphatic carbocycles. The molecule has 20 rings (SSSR count). The summed E-state index contributed by atoms with van der Waals surface area (Å²) in [5.41, 5.74) is 22.6. The molecule has 0 saturated heterocycles. The van der Waals surface area contributed by atoms with Crippen molar-refractivity contribution in [2.24, 2.45) is 28.2 Å². The third-order valence-electron chi connectivity index (χ3n) is 22.2. The molecule has 0 bridgehead atoms. The molecule has 3 amide bonds. The second-order valence-corrected chi connectivity index (χ2v) is 32.6. The van der Waals surface area contributed by atoms with Crippen LogP contribution in [0.2, 0.25) is 0 Å². The van der Waals surface area contributed by atoms with Gasteiger partial charge in [0.25, 0.3) is 17.7 Å². The summed E-state index contributed by atoms with van der Waals surface area (Å²) in [5, 5.41) is 43.2. The Morgan fingerprint density at radius 2 is 0.684 bits per heavy atom. The minimum absolute atomic E-state index is 0.0917. The van der Waals surface area contributed by atoms with Crippen molar-refractivity contribution in [1.29, 1.82) is 0 Å². The van der Waals surface area contributed by atoms with Crippen molar-refractivity contribution in [3.63, 3.8) is 0 Å². The molecular weight excluding hydrogens is 1710 g/mol. The van der Waals surface area contributed by atoms with Crippen LogP contribution in [0.3, 0.4) is 0 Å². The number of hydrogen-bond acceptors (Lipinski definition) is 25. The number of fused-ring (bicyclic) bond motifs is 4. The van der Waals surface area contributed by atoms with E-state index < -0.39 is 0 Å². The number of hydrogen-bond donors (Lipinski definition) is 7. The monoisotopic (exact) mass is 1800 g/mol. The number of aromatic nitrogens is 21. The number of ketones is 1. The van der Waals surface area contributed by atoms with Crippen LogP contribution in [0.1, 0.15) is 91.5 Å². The number of Topliss-reactive ketones (excluding diaryl/α,β-unsaturated/α-hetero) is 1. The summed E-state index contributed by atoms with van der Waals surface area (Å²) < 4.78 is 6.82. The highest BCUT2D eigenvalue weighted by Crippen LogP contribution is 2.36. The lowest BCUT2D eigenvalue weighted by Gasteiger charge is -2.13. The lowest BCUT2D eigenvalue weighted by molar-refractivity contribution is 0.0989. The minimum Gasteiger partial charge on any atom is -0.339 e. The first-order chi connectivity index (χ1) is 65.9. The quantitative estimate of drug-likeness (QED) is 0.0329. The van der Waals surface area contributed by atoms with Gasteiger partial charge in [-0.15, -0.1) is 0 Å². The van der Waals surface area contributed by atoms with Crippen LogP contribution < -0.4 is 37.2 Å². The number of nitrogens with one attached hydrogen (secondary N) is 7. The molecule has 0 spiro atoms. The van der Waals surface area contributed by atoms with E-state index in [4.69, 9.17) is 24.9 Å². The highest BCUT2D eigenvalue weighted by atomic mass is 16.2. The molecule has 0 unspecified atom stereocenters. The minimum atomic E-state index is -0.192. The molecule has 0 saturated carbocycles. The highest BCUT2D eigenvalue weighted by molar-refractivity contribution is 6.08. The number of pyridine rings is 3. The van der Waals surface area contributed by atoms with E-state index in [1.807, 2.05) is 290 Å². The Hall–Kier alpha value is -18.2. The van der Waals surface area contributed by atoms with E-state index in [2.05, 4.69) is 97.5 Å². The first-order valence-electron chi connectivity index (χ1n) is 43.4. The molecule has 0 radical (unpaired) electrons. The van der Waals surface area contributed by atoms with Gasteiger partial charge in [-0.25, -0.2) is 44.9 Å². The summed E-state index contributed by atoms with van der Waals surface area (Å²) in [7, 11) is 7.36. The van der Waals surface area contributed by atoms with Crippen LogP contribution in [-0.2, 0) is 34.6 Å². The lowest BCUT2D eigenvalue weighted by Crippen LogP contribution is -2.12. The molecule has 7 N–H and O–H groups in total. The number of carbonyl (C=O) groups is 4. The van der Waals surface area contributed by atoms with Crippen molar-refractivity contribution in [3.8, 4) is 45.7 Å². The number of benzene rings is 8. The number of aryl methyl sites for hydroxylation is 12. The van der Waals surface area contributed by atoms with E-state index in [0.29, 0.717) is 92.3 Å². The molecule has 0 fully saturated rings. The normalized spacial score (nSPS) is 10.9. The molecule has 8 aromatic carbocycles. The van der Waals surface area contributed by atoms with E-state index in [1.54, 1.807) is 99.2 Å². The van der Waals surface area contributed by atoms with Crippen LogP contribution in [0.4, 0.5) is 63.1 Å². The molecule has 0 aliphatic rings. The topological polar surface area (TPSA) is 391 Å². The van der Waals surface area contributed by atoms with Gasteiger partial charge in [-0.1, -0.05) is 90.5 Å². The SMILES string of the molecule is Cc1cccc(C(=O)Cc2ccc(C)c(Nc3nc(-c4cccnc4)nc4c3cnn4C)c2)c1.Cc1cccc(NC(=O)c2ccc(C)c(Nc3nc(-c4cccnc4)nc4c3cnn4C)c2)c1.Cc1cccc(NC(=O)c2ccc(C)c(Nc3nc(-c4cccnc4)nc4nn(C)cc34)c2)c1.Cc1cccc(NC(=O)c2ccc(C)c(Nc3nc(-c4cnccn4)nc4c3cnn4C)c2)c1. The Bertz CT molecular complexity index is 7480. The molecule has 32 heteroatoms. The second-order valence-electron chi connectivity index (χ2n) is 32.6. The van der Waals surface area contributed by atoms with Crippen molar-refractivity contribution >= 4 is 131 Å². The Balaban J connectivity index is 0.000000126. The van der Waals surface area contributed by atoms with Crippen LogP contribution in [-0.4, -0.2) is 127 Å². The molecule has 672 valence electrons. The third-order valence-corrected chi connectivity index (χ3v) is 22.2. The Morgan fingerprint density at radius 3 is 1.07 bits per heavy atom. The number of nitrogens with zero attached hydrogens (tertiary/aromatic N) is 21. The summed E-state index contributed by atoms with van der Waals surface area (Å²) in [4.78, 5) is 110. The molecule has 12 heterocycles. The maximum absolute atomic E-state index is 12.9. The molecule has 0 atom stereocenters. The van der Waals surface area contributed by atoms with Gasteiger partial charge in [0.15, 0.2) is 51.7 Å². The zero-order valence-corrected chi connectivity index (χ0v) is 76.4. The average molecular weight is 1800 g/mol. The predicted octanol–water partition coefficient (Wildman–Crippen LogP) is 19.7. The van der Waals surface area contributed by atoms with Crippen LogP contribution in [0.5, 0.6) is 0 Å². The van der Waals surface area contributed by atoms with Gasteiger partial charge in [0, 0.05) is 169 Å². The highest BCUT2D eigenvalue weighted by Gasteiger charge is 2.23. The average Bonchev–Trinajstić information content (AvgIpc) is 1.62.